The number of aliphatic hydroxyl groups excluding tert-OH is 1. The van der Waals surface area contributed by atoms with E-state index in [0.717, 1.165) is 63.5 Å². The molecule has 4 saturated carbocycles. The molecule has 36 heavy (non-hydrogen) atoms. The van der Waals surface area contributed by atoms with E-state index in [9.17, 15) is 10.2 Å². The van der Waals surface area contributed by atoms with E-state index in [4.69, 9.17) is 14.5 Å². The third-order valence-electron chi connectivity index (χ3n) is 12.3. The normalized spacial score (nSPS) is 50.6. The standard InChI is InChI=1S/C31H44O5/c1-27(2)16-29(36-35-18-27)11-12-30-14-19-13-20(34-4)5-6-21(19)23-15-28(3)24(7-8-25(28)32)22(26(23)30)9-10-31(30,33)17-29/h5-6,13,22-26,32-33H,7-12,14-18H2,1-4H3/t22-,23+,24-,25-,26+,28-,29?,30-,31+/m0/s1. The molecule has 5 aliphatic carbocycles. The second-order valence-electron chi connectivity index (χ2n) is 14.7. The fraction of sp³-hybridized carbons (Fsp3) is 0.806. The van der Waals surface area contributed by atoms with Crippen molar-refractivity contribution in [1.29, 1.82) is 0 Å². The monoisotopic (exact) mass is 496 g/mol. The van der Waals surface area contributed by atoms with Gasteiger partial charge in [-0.05, 0) is 116 Å². The Morgan fingerprint density at radius 2 is 1.86 bits per heavy atom. The molecule has 198 valence electrons. The highest BCUT2D eigenvalue weighted by atomic mass is 17.2. The summed E-state index contributed by atoms with van der Waals surface area (Å²) in [6.07, 6.45) is 9.19. The van der Waals surface area contributed by atoms with Crippen LogP contribution >= 0.6 is 0 Å². The van der Waals surface area contributed by atoms with Crippen LogP contribution in [0.25, 0.3) is 0 Å². The molecule has 1 heterocycles. The summed E-state index contributed by atoms with van der Waals surface area (Å²) in [4.78, 5) is 11.8. The fourth-order valence-corrected chi connectivity index (χ4v) is 11.0. The molecule has 2 spiro atoms. The first-order valence-corrected chi connectivity index (χ1v) is 14.4. The molecule has 1 aliphatic heterocycles. The topological polar surface area (TPSA) is 68.2 Å². The molecular formula is C31H44O5. The van der Waals surface area contributed by atoms with Crippen LogP contribution in [0.1, 0.15) is 95.6 Å². The molecule has 1 unspecified atom stereocenters. The van der Waals surface area contributed by atoms with Crippen molar-refractivity contribution in [2.45, 2.75) is 108 Å². The average Bonchev–Trinajstić information content (AvgIpc) is 3.12. The van der Waals surface area contributed by atoms with E-state index >= 15 is 0 Å². The van der Waals surface area contributed by atoms with Gasteiger partial charge in [-0.2, -0.15) is 0 Å². The lowest BCUT2D eigenvalue weighted by atomic mass is 9.36. The molecule has 0 bridgehead atoms. The third-order valence-corrected chi connectivity index (χ3v) is 12.3. The summed E-state index contributed by atoms with van der Waals surface area (Å²) in [5.41, 5.74) is 1.48. The number of aliphatic hydroxyl groups is 2. The van der Waals surface area contributed by atoms with Crippen molar-refractivity contribution in [3.8, 4) is 5.75 Å². The predicted molar refractivity (Wildman–Crippen MR) is 137 cm³/mol. The van der Waals surface area contributed by atoms with Crippen molar-refractivity contribution in [3.63, 3.8) is 0 Å². The number of benzene rings is 1. The highest BCUT2D eigenvalue weighted by Gasteiger charge is 2.72. The average molecular weight is 497 g/mol. The minimum atomic E-state index is -0.771. The summed E-state index contributed by atoms with van der Waals surface area (Å²) >= 11 is 0. The van der Waals surface area contributed by atoms with E-state index in [-0.39, 0.29) is 22.3 Å². The first kappa shape index (κ1) is 23.9. The Labute approximate surface area is 215 Å². The summed E-state index contributed by atoms with van der Waals surface area (Å²) in [7, 11) is 1.74. The molecule has 6 aliphatic rings. The Morgan fingerprint density at radius 3 is 2.64 bits per heavy atom. The summed E-state index contributed by atoms with van der Waals surface area (Å²) in [6, 6.07) is 6.65. The third kappa shape index (κ3) is 3.03. The number of fused-ring (bicyclic) bond motifs is 4. The maximum atomic E-state index is 12.8. The van der Waals surface area contributed by atoms with Crippen molar-refractivity contribution in [2.75, 3.05) is 13.7 Å². The van der Waals surface area contributed by atoms with Crippen LogP contribution < -0.4 is 4.74 Å². The van der Waals surface area contributed by atoms with Gasteiger partial charge in [0, 0.05) is 11.8 Å². The van der Waals surface area contributed by atoms with Crippen LogP contribution in [0.5, 0.6) is 5.75 Å². The molecule has 1 aromatic carbocycles. The SMILES string of the molecule is COc1ccc2c(c1)C[C@]13CCC4(CC(C)(C)COO4)C[C@]1(O)CC[C@@H]1[C@@H]3[C@@H]2C[C@]2(C)[C@@H](O)CC[C@@H]12. The van der Waals surface area contributed by atoms with Crippen LogP contribution in [0, 0.1) is 34.0 Å². The Bertz CT molecular complexity index is 1070. The zero-order valence-electron chi connectivity index (χ0n) is 22.5. The molecule has 2 N–H and O–H groups in total. The van der Waals surface area contributed by atoms with Gasteiger partial charge in [-0.25, -0.2) is 9.78 Å². The van der Waals surface area contributed by atoms with Gasteiger partial charge in [0.25, 0.3) is 0 Å². The van der Waals surface area contributed by atoms with Crippen molar-refractivity contribution in [3.05, 3.63) is 29.3 Å². The molecule has 1 saturated heterocycles. The molecule has 5 nitrogen and oxygen atoms in total. The largest absolute Gasteiger partial charge is 0.497 e. The summed E-state index contributed by atoms with van der Waals surface area (Å²) in [5, 5.41) is 24.0. The van der Waals surface area contributed by atoms with Gasteiger partial charge in [0.2, 0.25) is 0 Å². The molecule has 0 amide bonds. The van der Waals surface area contributed by atoms with E-state index in [1.165, 1.54) is 11.1 Å². The number of hydrogen-bond donors (Lipinski definition) is 2. The molecule has 5 fully saturated rings. The summed E-state index contributed by atoms with van der Waals surface area (Å²) in [6.45, 7) is 7.49. The zero-order chi connectivity index (χ0) is 25.1. The lowest BCUT2D eigenvalue weighted by Gasteiger charge is -2.70. The molecule has 9 atom stereocenters. The van der Waals surface area contributed by atoms with Crippen molar-refractivity contribution in [2.24, 2.45) is 34.0 Å². The smallest absolute Gasteiger partial charge is 0.119 e. The van der Waals surface area contributed by atoms with Gasteiger partial charge in [-0.3, -0.25) is 0 Å². The molecule has 7 rings (SSSR count). The maximum Gasteiger partial charge on any atom is 0.119 e. The lowest BCUT2D eigenvalue weighted by molar-refractivity contribution is -0.425. The van der Waals surface area contributed by atoms with Crippen LogP contribution in [-0.2, 0) is 16.2 Å². The van der Waals surface area contributed by atoms with Crippen molar-refractivity contribution in [1.82, 2.24) is 0 Å². The van der Waals surface area contributed by atoms with E-state index in [1.807, 2.05) is 0 Å². The summed E-state index contributed by atoms with van der Waals surface area (Å²) < 4.78 is 5.66. The number of rotatable bonds is 1. The van der Waals surface area contributed by atoms with Gasteiger partial charge in [0.1, 0.15) is 11.4 Å². The lowest BCUT2D eigenvalue weighted by Crippen LogP contribution is -2.70. The predicted octanol–water partition coefficient (Wildman–Crippen LogP) is 5.56. The minimum Gasteiger partial charge on any atom is -0.497 e. The second kappa shape index (κ2) is 7.49. The zero-order valence-corrected chi connectivity index (χ0v) is 22.5. The quantitative estimate of drug-likeness (QED) is 0.498. The van der Waals surface area contributed by atoms with Gasteiger partial charge in [0.15, 0.2) is 0 Å². The highest BCUT2D eigenvalue weighted by molar-refractivity contribution is 5.44. The Hall–Kier alpha value is -1.14. The number of ether oxygens (including phenoxy) is 1. The van der Waals surface area contributed by atoms with E-state index < -0.39 is 11.2 Å². The van der Waals surface area contributed by atoms with Crippen molar-refractivity contribution < 1.29 is 24.7 Å². The van der Waals surface area contributed by atoms with E-state index in [1.54, 1.807) is 7.11 Å². The van der Waals surface area contributed by atoms with E-state index in [2.05, 4.69) is 39.0 Å². The second-order valence-corrected chi connectivity index (χ2v) is 14.7. The van der Waals surface area contributed by atoms with Gasteiger partial charge in [0.05, 0.1) is 25.4 Å². The molecule has 5 heteroatoms. The number of hydrogen-bond acceptors (Lipinski definition) is 5. The van der Waals surface area contributed by atoms with Crippen LogP contribution in [0.3, 0.4) is 0 Å². The van der Waals surface area contributed by atoms with Crippen LogP contribution in [0.15, 0.2) is 18.2 Å². The van der Waals surface area contributed by atoms with Crippen LogP contribution in [0.2, 0.25) is 0 Å². The maximum absolute atomic E-state index is 12.8. The van der Waals surface area contributed by atoms with Crippen LogP contribution in [-0.4, -0.2) is 41.2 Å². The highest BCUT2D eigenvalue weighted by Crippen LogP contribution is 2.74. The first-order valence-electron chi connectivity index (χ1n) is 14.4. The fourth-order valence-electron chi connectivity index (χ4n) is 11.0. The molecule has 0 aromatic heterocycles. The molecular weight excluding hydrogens is 452 g/mol. The Kier molecular flexibility index (Phi) is 4.98. The first-order chi connectivity index (χ1) is 17.0. The molecule has 1 aromatic rings. The van der Waals surface area contributed by atoms with Crippen LogP contribution in [0.4, 0.5) is 0 Å². The molecule has 0 radical (unpaired) electrons. The van der Waals surface area contributed by atoms with E-state index in [0.29, 0.717) is 36.7 Å². The Morgan fingerprint density at radius 1 is 1.03 bits per heavy atom. The van der Waals surface area contributed by atoms with Gasteiger partial charge >= 0.3 is 0 Å². The number of methoxy groups -OCH3 is 1. The van der Waals surface area contributed by atoms with Gasteiger partial charge in [-0.1, -0.05) is 26.8 Å². The van der Waals surface area contributed by atoms with Gasteiger partial charge < -0.3 is 14.9 Å². The van der Waals surface area contributed by atoms with Crippen molar-refractivity contribution >= 4 is 0 Å². The Balaban J connectivity index is 1.36. The van der Waals surface area contributed by atoms with Gasteiger partial charge in [-0.15, -0.1) is 0 Å². The minimum absolute atomic E-state index is 0.0305. The summed E-state index contributed by atoms with van der Waals surface area (Å²) in [5.74, 6) is 2.85.